The van der Waals surface area contributed by atoms with E-state index in [0.717, 1.165) is 0 Å². The number of hydrogen-bond acceptors (Lipinski definition) is 3. The van der Waals surface area contributed by atoms with Crippen LogP contribution in [0, 0.1) is 0 Å². The van der Waals surface area contributed by atoms with Crippen LogP contribution in [0.25, 0.3) is 0 Å². The highest BCUT2D eigenvalue weighted by atomic mass is 16.5. The van der Waals surface area contributed by atoms with Crippen molar-refractivity contribution in [1.82, 2.24) is 5.32 Å². The maximum absolute atomic E-state index is 10.4. The molecule has 0 aliphatic carbocycles. The molecule has 0 aromatic rings. The smallest absolute Gasteiger partial charge is 0.323 e. The van der Waals surface area contributed by atoms with Crippen LogP contribution in [0.2, 0.25) is 0 Å². The van der Waals surface area contributed by atoms with E-state index in [2.05, 4.69) is 11.9 Å². The summed E-state index contributed by atoms with van der Waals surface area (Å²) in [5, 5.41) is 11.2. The maximum atomic E-state index is 10.4. The van der Waals surface area contributed by atoms with Crippen LogP contribution in [0.5, 0.6) is 0 Å². The normalized spacial score (nSPS) is 32.0. The first-order valence-electron chi connectivity index (χ1n) is 2.96. The highest BCUT2D eigenvalue weighted by molar-refractivity contribution is 5.75. The first kappa shape index (κ1) is 7.24. The molecular weight excluding hydrogens is 134 g/mol. The van der Waals surface area contributed by atoms with Gasteiger partial charge >= 0.3 is 5.97 Å². The van der Waals surface area contributed by atoms with E-state index in [1.165, 1.54) is 6.08 Å². The molecule has 2 atom stereocenters. The number of carboxylic acids is 1. The summed E-state index contributed by atoms with van der Waals surface area (Å²) in [6.07, 6.45) is 1.09. The van der Waals surface area contributed by atoms with E-state index in [4.69, 9.17) is 9.84 Å². The predicted molar refractivity (Wildman–Crippen MR) is 34.5 cm³/mol. The summed E-state index contributed by atoms with van der Waals surface area (Å²) >= 11 is 0. The molecule has 10 heavy (non-hydrogen) atoms. The first-order chi connectivity index (χ1) is 4.75. The zero-order valence-electron chi connectivity index (χ0n) is 5.41. The predicted octanol–water partition coefficient (Wildman–Crippen LogP) is -0.429. The summed E-state index contributed by atoms with van der Waals surface area (Å²) in [6.45, 7) is 3.73. The minimum atomic E-state index is -0.901. The Hall–Kier alpha value is -0.870. The van der Waals surface area contributed by atoms with E-state index < -0.39 is 18.1 Å². The molecule has 0 radical (unpaired) electrons. The third-order valence-corrected chi connectivity index (χ3v) is 1.41. The summed E-state index contributed by atoms with van der Waals surface area (Å²) in [7, 11) is 0. The van der Waals surface area contributed by atoms with Gasteiger partial charge in [-0.15, -0.1) is 6.58 Å². The SMILES string of the molecule is C=CC1OCNC1C(=O)O. The van der Waals surface area contributed by atoms with Crippen molar-refractivity contribution in [3.8, 4) is 0 Å². The fourth-order valence-electron chi connectivity index (χ4n) is 0.878. The molecule has 1 aliphatic rings. The van der Waals surface area contributed by atoms with Crippen molar-refractivity contribution in [2.75, 3.05) is 6.73 Å². The van der Waals surface area contributed by atoms with Gasteiger partial charge in [0.15, 0.2) is 0 Å². The standard InChI is InChI=1S/C6H9NO3/c1-2-4-5(6(8)9)7-3-10-4/h2,4-5,7H,1,3H2,(H,8,9). The van der Waals surface area contributed by atoms with E-state index in [-0.39, 0.29) is 6.73 Å². The fraction of sp³-hybridized carbons (Fsp3) is 0.500. The Labute approximate surface area is 58.5 Å². The lowest BCUT2D eigenvalue weighted by molar-refractivity contribution is -0.139. The van der Waals surface area contributed by atoms with Crippen LogP contribution in [0.15, 0.2) is 12.7 Å². The van der Waals surface area contributed by atoms with Crippen molar-refractivity contribution < 1.29 is 14.6 Å². The van der Waals surface area contributed by atoms with Crippen molar-refractivity contribution in [3.05, 3.63) is 12.7 Å². The van der Waals surface area contributed by atoms with Gasteiger partial charge in [0.05, 0.1) is 6.73 Å². The molecule has 0 saturated carbocycles. The number of hydrogen-bond donors (Lipinski definition) is 2. The van der Waals surface area contributed by atoms with Crippen molar-refractivity contribution in [1.29, 1.82) is 0 Å². The molecule has 1 fully saturated rings. The van der Waals surface area contributed by atoms with Crippen LogP contribution < -0.4 is 5.32 Å². The van der Waals surface area contributed by atoms with E-state index in [1.807, 2.05) is 0 Å². The molecule has 4 heteroatoms. The van der Waals surface area contributed by atoms with Gasteiger partial charge in [-0.2, -0.15) is 0 Å². The summed E-state index contributed by atoms with van der Waals surface area (Å²) in [5.41, 5.74) is 0. The van der Waals surface area contributed by atoms with Crippen LogP contribution in [-0.2, 0) is 9.53 Å². The van der Waals surface area contributed by atoms with Gasteiger partial charge in [-0.1, -0.05) is 6.08 Å². The van der Waals surface area contributed by atoms with Gasteiger partial charge in [0.2, 0.25) is 0 Å². The molecule has 0 bridgehead atoms. The summed E-state index contributed by atoms with van der Waals surface area (Å²) in [4.78, 5) is 10.4. The third-order valence-electron chi connectivity index (χ3n) is 1.41. The lowest BCUT2D eigenvalue weighted by Gasteiger charge is -2.07. The molecular formula is C6H9NO3. The second kappa shape index (κ2) is 2.81. The third kappa shape index (κ3) is 1.17. The van der Waals surface area contributed by atoms with Crippen molar-refractivity contribution in [2.45, 2.75) is 12.1 Å². The lowest BCUT2D eigenvalue weighted by Crippen LogP contribution is -2.37. The van der Waals surface area contributed by atoms with E-state index in [0.29, 0.717) is 0 Å². The molecule has 1 saturated heterocycles. The summed E-state index contributed by atoms with van der Waals surface area (Å²) in [5.74, 6) is -0.901. The molecule has 56 valence electrons. The number of rotatable bonds is 2. The molecule has 2 unspecified atom stereocenters. The zero-order chi connectivity index (χ0) is 7.56. The molecule has 0 spiro atoms. The van der Waals surface area contributed by atoms with Crippen molar-refractivity contribution in [3.63, 3.8) is 0 Å². The second-order valence-corrected chi connectivity index (χ2v) is 2.03. The van der Waals surface area contributed by atoms with Crippen LogP contribution in [0.4, 0.5) is 0 Å². The minimum Gasteiger partial charge on any atom is -0.480 e. The van der Waals surface area contributed by atoms with E-state index in [9.17, 15) is 4.79 Å². The quantitative estimate of drug-likeness (QED) is 0.515. The average molecular weight is 143 g/mol. The number of carbonyl (C=O) groups is 1. The van der Waals surface area contributed by atoms with Crippen LogP contribution >= 0.6 is 0 Å². The Balaban J connectivity index is 2.58. The maximum Gasteiger partial charge on any atom is 0.323 e. The average Bonchev–Trinajstić information content (AvgIpc) is 2.33. The highest BCUT2D eigenvalue weighted by Crippen LogP contribution is 2.06. The second-order valence-electron chi connectivity index (χ2n) is 2.03. The van der Waals surface area contributed by atoms with Crippen molar-refractivity contribution in [2.24, 2.45) is 0 Å². The number of nitrogens with one attached hydrogen (secondary N) is 1. The van der Waals surface area contributed by atoms with Gasteiger partial charge in [0.25, 0.3) is 0 Å². The van der Waals surface area contributed by atoms with Gasteiger partial charge in [-0.3, -0.25) is 10.1 Å². The first-order valence-corrected chi connectivity index (χ1v) is 2.96. The van der Waals surface area contributed by atoms with Gasteiger partial charge in [0.1, 0.15) is 12.1 Å². The molecule has 2 N–H and O–H groups in total. The fourth-order valence-corrected chi connectivity index (χ4v) is 0.878. The topological polar surface area (TPSA) is 58.6 Å². The monoisotopic (exact) mass is 143 g/mol. The van der Waals surface area contributed by atoms with Gasteiger partial charge in [0, 0.05) is 0 Å². The molecule has 0 aromatic heterocycles. The van der Waals surface area contributed by atoms with Gasteiger partial charge in [-0.05, 0) is 0 Å². The molecule has 0 amide bonds. The van der Waals surface area contributed by atoms with E-state index >= 15 is 0 Å². The summed E-state index contributed by atoms with van der Waals surface area (Å²) in [6, 6.07) is -0.627. The molecule has 1 heterocycles. The zero-order valence-corrected chi connectivity index (χ0v) is 5.41. The molecule has 1 rings (SSSR count). The Morgan fingerprint density at radius 3 is 3.00 bits per heavy atom. The van der Waals surface area contributed by atoms with Crippen LogP contribution in [-0.4, -0.2) is 30.0 Å². The Kier molecular flexibility index (Phi) is 2.03. The van der Waals surface area contributed by atoms with Crippen LogP contribution in [0.1, 0.15) is 0 Å². The Morgan fingerprint density at radius 2 is 2.60 bits per heavy atom. The van der Waals surface area contributed by atoms with Crippen LogP contribution in [0.3, 0.4) is 0 Å². The molecule has 1 aliphatic heterocycles. The lowest BCUT2D eigenvalue weighted by atomic mass is 10.2. The highest BCUT2D eigenvalue weighted by Gasteiger charge is 2.30. The number of carboxylic acid groups (broad SMARTS) is 1. The molecule has 4 nitrogen and oxygen atoms in total. The largest absolute Gasteiger partial charge is 0.480 e. The Bertz CT molecular complexity index is 157. The number of ether oxygens (including phenoxy) is 1. The van der Waals surface area contributed by atoms with Gasteiger partial charge in [-0.25, -0.2) is 0 Å². The minimum absolute atomic E-state index is 0.285. The Morgan fingerprint density at radius 1 is 1.90 bits per heavy atom. The summed E-state index contributed by atoms with van der Waals surface area (Å²) < 4.78 is 4.97. The molecule has 0 aromatic carbocycles. The van der Waals surface area contributed by atoms with Gasteiger partial charge < -0.3 is 9.84 Å². The number of aliphatic carboxylic acids is 1. The van der Waals surface area contributed by atoms with E-state index in [1.54, 1.807) is 0 Å². The van der Waals surface area contributed by atoms with Crippen molar-refractivity contribution >= 4 is 5.97 Å².